The quantitative estimate of drug-likeness (QED) is 0.422. The maximum Gasteiger partial charge on any atom is 0.199 e. The lowest BCUT2D eigenvalue weighted by molar-refractivity contribution is 0.457. The lowest BCUT2D eigenvalue weighted by Crippen LogP contribution is -2.29. The van der Waals surface area contributed by atoms with Gasteiger partial charge >= 0.3 is 0 Å². The number of H-pyrrole nitrogens is 1. The van der Waals surface area contributed by atoms with Crippen LogP contribution in [-0.4, -0.2) is 33.9 Å². The second-order valence-electron chi connectivity index (χ2n) is 8.11. The zero-order valence-electron chi connectivity index (χ0n) is 17.7. The van der Waals surface area contributed by atoms with Gasteiger partial charge in [0, 0.05) is 47.1 Å². The number of aromatic hydroxyl groups is 1. The van der Waals surface area contributed by atoms with Gasteiger partial charge in [0.15, 0.2) is 5.88 Å². The highest BCUT2D eigenvalue weighted by atomic mass is 16.3. The Labute approximate surface area is 182 Å². The number of aryl methyl sites for hydroxylation is 1. The number of pyridine rings is 1. The summed E-state index contributed by atoms with van der Waals surface area (Å²) in [6, 6.07) is 20.3. The highest BCUT2D eigenvalue weighted by Crippen LogP contribution is 2.34. The minimum Gasteiger partial charge on any atom is -0.494 e. The molecule has 0 spiro atoms. The van der Waals surface area contributed by atoms with Crippen LogP contribution in [0.25, 0.3) is 10.9 Å². The van der Waals surface area contributed by atoms with Crippen molar-refractivity contribution in [2.75, 3.05) is 18.0 Å². The van der Waals surface area contributed by atoms with Crippen LogP contribution in [-0.2, 0) is 0 Å². The van der Waals surface area contributed by atoms with Crippen molar-refractivity contribution >= 4 is 28.0 Å². The number of fused-ring (bicyclic) bond motifs is 1. The number of anilines is 1. The lowest BCUT2D eigenvalue weighted by atomic mass is 10.00. The first-order valence-electron chi connectivity index (χ1n) is 10.9. The summed E-state index contributed by atoms with van der Waals surface area (Å²) in [4.78, 5) is 14.8. The van der Waals surface area contributed by atoms with E-state index in [1.807, 2.05) is 49.4 Å². The van der Waals surface area contributed by atoms with Gasteiger partial charge in [0.1, 0.15) is 0 Å². The SMILES string of the molecule is Cc1cc(N=C(c2ccccc2)c2c(O)[nH]c3ccc(N4CCCCC4)cc23)ccn1. The molecule has 1 saturated heterocycles. The number of rotatable bonds is 4. The largest absolute Gasteiger partial charge is 0.494 e. The molecule has 0 unspecified atom stereocenters. The Balaban J connectivity index is 1.70. The van der Waals surface area contributed by atoms with Crippen LogP contribution in [0.4, 0.5) is 11.4 Å². The van der Waals surface area contributed by atoms with E-state index in [9.17, 15) is 5.11 Å². The van der Waals surface area contributed by atoms with Crippen LogP contribution >= 0.6 is 0 Å². The molecule has 5 heteroatoms. The van der Waals surface area contributed by atoms with E-state index < -0.39 is 0 Å². The van der Waals surface area contributed by atoms with E-state index >= 15 is 0 Å². The molecular weight excluding hydrogens is 384 g/mol. The molecule has 5 nitrogen and oxygen atoms in total. The van der Waals surface area contributed by atoms with E-state index in [0.29, 0.717) is 0 Å². The molecule has 156 valence electrons. The van der Waals surface area contributed by atoms with E-state index in [-0.39, 0.29) is 5.88 Å². The summed E-state index contributed by atoms with van der Waals surface area (Å²) in [5, 5.41) is 11.9. The number of hydrogen-bond donors (Lipinski definition) is 2. The molecular formula is C26H26N4O. The van der Waals surface area contributed by atoms with Gasteiger partial charge in [0.2, 0.25) is 0 Å². The smallest absolute Gasteiger partial charge is 0.199 e. The first-order valence-corrected chi connectivity index (χ1v) is 10.9. The van der Waals surface area contributed by atoms with Crippen molar-refractivity contribution < 1.29 is 5.11 Å². The zero-order chi connectivity index (χ0) is 21.2. The Morgan fingerprint density at radius 1 is 1.00 bits per heavy atom. The molecule has 0 bridgehead atoms. The van der Waals surface area contributed by atoms with Crippen LogP contribution in [0, 0.1) is 6.92 Å². The molecule has 0 saturated carbocycles. The molecule has 5 rings (SSSR count). The van der Waals surface area contributed by atoms with Crippen LogP contribution in [0.2, 0.25) is 0 Å². The Morgan fingerprint density at radius 3 is 2.58 bits per heavy atom. The summed E-state index contributed by atoms with van der Waals surface area (Å²) in [5.41, 5.74) is 6.25. The van der Waals surface area contributed by atoms with Gasteiger partial charge < -0.3 is 15.0 Å². The minimum atomic E-state index is 0.138. The molecule has 2 aromatic carbocycles. The molecule has 0 radical (unpaired) electrons. The second-order valence-corrected chi connectivity index (χ2v) is 8.11. The second kappa shape index (κ2) is 8.26. The number of hydrogen-bond acceptors (Lipinski definition) is 4. The van der Waals surface area contributed by atoms with Gasteiger partial charge in [-0.3, -0.25) is 4.98 Å². The van der Waals surface area contributed by atoms with Crippen molar-refractivity contribution in [2.24, 2.45) is 4.99 Å². The van der Waals surface area contributed by atoms with Gasteiger partial charge in [-0.2, -0.15) is 0 Å². The standard InChI is InChI=1S/C26H26N4O/c1-18-16-20(12-13-27-18)28-25(19-8-4-2-5-9-19)24-22-17-21(30-14-6-3-7-15-30)10-11-23(22)29-26(24)31/h2,4-5,8-13,16-17,29,31H,3,6-7,14-15H2,1H3. The van der Waals surface area contributed by atoms with Crippen LogP contribution in [0.5, 0.6) is 5.88 Å². The van der Waals surface area contributed by atoms with Gasteiger partial charge in [-0.05, 0) is 56.5 Å². The predicted molar refractivity (Wildman–Crippen MR) is 127 cm³/mol. The van der Waals surface area contributed by atoms with Gasteiger partial charge in [-0.15, -0.1) is 0 Å². The number of piperidine rings is 1. The van der Waals surface area contributed by atoms with E-state index in [1.54, 1.807) is 6.20 Å². The Bertz CT molecular complexity index is 1240. The fourth-order valence-corrected chi connectivity index (χ4v) is 4.34. The molecule has 0 atom stereocenters. The lowest BCUT2D eigenvalue weighted by Gasteiger charge is -2.28. The highest BCUT2D eigenvalue weighted by Gasteiger charge is 2.20. The van der Waals surface area contributed by atoms with Crippen LogP contribution < -0.4 is 4.90 Å². The molecule has 1 aliphatic rings. The van der Waals surface area contributed by atoms with Gasteiger partial charge in [0.05, 0.1) is 17.0 Å². The molecule has 4 aromatic rings. The fraction of sp³-hybridized carbons (Fsp3) is 0.231. The third kappa shape index (κ3) is 3.91. The molecule has 31 heavy (non-hydrogen) atoms. The number of nitrogens with zero attached hydrogens (tertiary/aromatic N) is 3. The maximum absolute atomic E-state index is 10.9. The van der Waals surface area contributed by atoms with Crippen LogP contribution in [0.3, 0.4) is 0 Å². The van der Waals surface area contributed by atoms with E-state index in [2.05, 4.69) is 33.1 Å². The zero-order valence-corrected chi connectivity index (χ0v) is 17.7. The first-order chi connectivity index (χ1) is 15.2. The predicted octanol–water partition coefficient (Wildman–Crippen LogP) is 5.74. The molecule has 0 aliphatic carbocycles. The summed E-state index contributed by atoms with van der Waals surface area (Å²) in [6.45, 7) is 4.11. The van der Waals surface area contributed by atoms with Gasteiger partial charge in [0.25, 0.3) is 0 Å². The average Bonchev–Trinajstić information content (AvgIpc) is 3.13. The van der Waals surface area contributed by atoms with Crippen molar-refractivity contribution in [3.8, 4) is 5.88 Å². The third-order valence-corrected chi connectivity index (χ3v) is 5.89. The Morgan fingerprint density at radius 2 is 1.81 bits per heavy atom. The van der Waals surface area contributed by atoms with Crippen molar-refractivity contribution in [3.63, 3.8) is 0 Å². The molecule has 1 fully saturated rings. The number of nitrogens with one attached hydrogen (secondary N) is 1. The van der Waals surface area contributed by atoms with Crippen molar-refractivity contribution in [1.82, 2.24) is 9.97 Å². The Hall–Kier alpha value is -3.60. The molecule has 2 N–H and O–H groups in total. The monoisotopic (exact) mass is 410 g/mol. The average molecular weight is 411 g/mol. The number of aliphatic imine (C=N–C) groups is 1. The van der Waals surface area contributed by atoms with Crippen molar-refractivity contribution in [2.45, 2.75) is 26.2 Å². The number of aromatic nitrogens is 2. The minimum absolute atomic E-state index is 0.138. The maximum atomic E-state index is 10.9. The summed E-state index contributed by atoms with van der Waals surface area (Å²) in [6.07, 6.45) is 5.51. The fourth-order valence-electron chi connectivity index (χ4n) is 4.34. The van der Waals surface area contributed by atoms with Crippen LogP contribution in [0.1, 0.15) is 36.1 Å². The summed E-state index contributed by atoms with van der Waals surface area (Å²) < 4.78 is 0. The molecule has 1 aliphatic heterocycles. The molecule has 2 aromatic heterocycles. The van der Waals surface area contributed by atoms with Gasteiger partial charge in [-0.25, -0.2) is 4.99 Å². The van der Waals surface area contributed by atoms with Crippen molar-refractivity contribution in [1.29, 1.82) is 0 Å². The van der Waals surface area contributed by atoms with E-state index in [4.69, 9.17) is 4.99 Å². The summed E-state index contributed by atoms with van der Waals surface area (Å²) in [5.74, 6) is 0.138. The van der Waals surface area contributed by atoms with E-state index in [1.165, 1.54) is 24.9 Å². The summed E-state index contributed by atoms with van der Waals surface area (Å²) >= 11 is 0. The van der Waals surface area contributed by atoms with E-state index in [0.717, 1.165) is 52.2 Å². The first kappa shape index (κ1) is 19.4. The summed E-state index contributed by atoms with van der Waals surface area (Å²) in [7, 11) is 0. The van der Waals surface area contributed by atoms with Crippen molar-refractivity contribution in [3.05, 3.63) is 83.7 Å². The molecule has 0 amide bonds. The normalized spacial score (nSPS) is 14.9. The molecule has 3 heterocycles. The number of aromatic amines is 1. The topological polar surface area (TPSA) is 64.5 Å². The Kier molecular flexibility index (Phi) is 5.16. The third-order valence-electron chi connectivity index (χ3n) is 5.89. The number of benzene rings is 2. The van der Waals surface area contributed by atoms with Gasteiger partial charge in [-0.1, -0.05) is 30.3 Å². The van der Waals surface area contributed by atoms with Crippen LogP contribution in [0.15, 0.2) is 71.9 Å². The highest BCUT2D eigenvalue weighted by molar-refractivity contribution is 6.22.